The van der Waals surface area contributed by atoms with Crippen LogP contribution < -0.4 is 0 Å². The van der Waals surface area contributed by atoms with E-state index in [0.717, 1.165) is 22.3 Å². The Bertz CT molecular complexity index is 1370. The molecule has 1 saturated heterocycles. The Hall–Kier alpha value is -3.58. The first-order valence-electron chi connectivity index (χ1n) is 15.6. The molecule has 0 saturated carbocycles. The van der Waals surface area contributed by atoms with Crippen molar-refractivity contribution in [2.75, 3.05) is 6.61 Å². The molecule has 1 unspecified atom stereocenters. The molecule has 44 heavy (non-hydrogen) atoms. The third-order valence-corrected chi connectivity index (χ3v) is 8.22. The van der Waals surface area contributed by atoms with E-state index in [0.29, 0.717) is 45.9 Å². The molecule has 0 bridgehead atoms. The lowest BCUT2D eigenvalue weighted by molar-refractivity contribution is -0.308. The molecule has 5 nitrogen and oxygen atoms in total. The number of hydrogen-bond acceptors (Lipinski definition) is 5. The van der Waals surface area contributed by atoms with E-state index in [1.54, 1.807) is 0 Å². The van der Waals surface area contributed by atoms with Gasteiger partial charge in [0.2, 0.25) is 0 Å². The summed E-state index contributed by atoms with van der Waals surface area (Å²) < 4.78 is 33.8. The molecular weight excluding hydrogens is 548 g/mol. The van der Waals surface area contributed by atoms with Crippen molar-refractivity contribution in [1.82, 2.24) is 0 Å². The molecule has 4 aromatic carbocycles. The van der Waals surface area contributed by atoms with Crippen LogP contribution in [0, 0.1) is 0 Å². The maximum absolute atomic E-state index is 7.06. The number of ether oxygens (including phenoxy) is 5. The largest absolute Gasteiger partial charge is 0.374 e. The third-order valence-electron chi connectivity index (χ3n) is 8.22. The van der Waals surface area contributed by atoms with Gasteiger partial charge in [0.25, 0.3) is 0 Å². The van der Waals surface area contributed by atoms with Gasteiger partial charge in [0.05, 0.1) is 33.0 Å². The fourth-order valence-electron chi connectivity index (χ4n) is 5.88. The van der Waals surface area contributed by atoms with Gasteiger partial charge in [-0.25, -0.2) is 0 Å². The molecule has 1 aliphatic heterocycles. The first kappa shape index (κ1) is 31.8. The second-order valence-electron chi connectivity index (χ2n) is 11.3. The lowest BCUT2D eigenvalue weighted by Gasteiger charge is -2.52. The summed E-state index contributed by atoms with van der Waals surface area (Å²) in [5.41, 5.74) is 3.70. The molecule has 230 valence electrons. The topological polar surface area (TPSA) is 46.2 Å². The number of rotatable bonds is 16. The molecule has 0 aliphatic carbocycles. The van der Waals surface area contributed by atoms with Crippen LogP contribution in [0.2, 0.25) is 0 Å². The van der Waals surface area contributed by atoms with Crippen molar-refractivity contribution in [1.29, 1.82) is 0 Å². The molecular formula is C39H44O5. The van der Waals surface area contributed by atoms with Crippen molar-refractivity contribution in [2.24, 2.45) is 0 Å². The lowest BCUT2D eigenvalue weighted by Crippen LogP contribution is -2.66. The summed E-state index contributed by atoms with van der Waals surface area (Å²) in [6, 6.07) is 40.9. The highest BCUT2D eigenvalue weighted by molar-refractivity contribution is 5.17. The van der Waals surface area contributed by atoms with Gasteiger partial charge in [0, 0.05) is 0 Å². The highest BCUT2D eigenvalue weighted by atomic mass is 16.6. The fourth-order valence-corrected chi connectivity index (χ4v) is 5.88. The van der Waals surface area contributed by atoms with Gasteiger partial charge in [-0.05, 0) is 35.1 Å². The van der Waals surface area contributed by atoms with Gasteiger partial charge >= 0.3 is 0 Å². The molecule has 0 amide bonds. The first-order chi connectivity index (χ1) is 21.7. The van der Waals surface area contributed by atoms with Crippen molar-refractivity contribution in [3.63, 3.8) is 0 Å². The van der Waals surface area contributed by atoms with E-state index in [2.05, 4.69) is 62.0 Å². The summed E-state index contributed by atoms with van der Waals surface area (Å²) in [4.78, 5) is 0. The Labute approximate surface area is 262 Å². The minimum Gasteiger partial charge on any atom is -0.374 e. The smallest absolute Gasteiger partial charge is 0.116 e. The molecule has 0 N–H and O–H groups in total. The molecule has 1 fully saturated rings. The van der Waals surface area contributed by atoms with Crippen molar-refractivity contribution < 1.29 is 23.7 Å². The molecule has 5 rings (SSSR count). The zero-order valence-electron chi connectivity index (χ0n) is 25.6. The summed E-state index contributed by atoms with van der Waals surface area (Å²) >= 11 is 0. The maximum Gasteiger partial charge on any atom is 0.116 e. The van der Waals surface area contributed by atoms with Crippen LogP contribution in [-0.4, -0.2) is 36.6 Å². The Morgan fingerprint density at radius 2 is 1.05 bits per heavy atom. The van der Waals surface area contributed by atoms with Crippen LogP contribution in [-0.2, 0) is 50.1 Å². The summed E-state index contributed by atoms with van der Waals surface area (Å²) in [6.07, 6.45) is 1.56. The van der Waals surface area contributed by atoms with Crippen molar-refractivity contribution >= 4 is 0 Å². The van der Waals surface area contributed by atoms with Gasteiger partial charge < -0.3 is 23.7 Å². The van der Waals surface area contributed by atoms with Gasteiger partial charge in [0.15, 0.2) is 0 Å². The van der Waals surface area contributed by atoms with Crippen LogP contribution in [0.1, 0.15) is 42.0 Å². The first-order valence-corrected chi connectivity index (χ1v) is 15.6. The summed E-state index contributed by atoms with van der Waals surface area (Å²) in [5, 5.41) is 0. The van der Waals surface area contributed by atoms with Crippen molar-refractivity contribution in [3.05, 3.63) is 156 Å². The zero-order valence-corrected chi connectivity index (χ0v) is 25.6. The monoisotopic (exact) mass is 592 g/mol. The third kappa shape index (κ3) is 8.53. The SMILES string of the molecule is C=CCC1(CC)O[C@H](COCc2ccccc2)[C@@H](OCc2ccccc2)[C@H](OCc2ccccc2)[C@H]1OCc1ccccc1. The van der Waals surface area contributed by atoms with E-state index in [1.807, 2.05) is 78.9 Å². The number of hydrogen-bond donors (Lipinski definition) is 0. The average molecular weight is 593 g/mol. The van der Waals surface area contributed by atoms with Gasteiger partial charge in [-0.3, -0.25) is 0 Å². The molecule has 0 aromatic heterocycles. The highest BCUT2D eigenvalue weighted by Gasteiger charge is 2.55. The number of benzene rings is 4. The molecule has 1 aliphatic rings. The Balaban J connectivity index is 1.47. The summed E-state index contributed by atoms with van der Waals surface area (Å²) in [6.45, 7) is 8.35. The van der Waals surface area contributed by atoms with Gasteiger partial charge in [-0.2, -0.15) is 0 Å². The van der Waals surface area contributed by atoms with E-state index >= 15 is 0 Å². The van der Waals surface area contributed by atoms with Crippen LogP contribution in [0.3, 0.4) is 0 Å². The highest BCUT2D eigenvalue weighted by Crippen LogP contribution is 2.41. The van der Waals surface area contributed by atoms with Gasteiger partial charge in [0.1, 0.15) is 30.0 Å². The standard InChI is InChI=1S/C39H44O5/c1-3-25-39(4-2)38(43-29-34-23-15-8-16-24-34)37(42-28-33-21-13-7-14-22-33)36(41-27-32-19-11-6-12-20-32)35(44-39)30-40-26-31-17-9-5-10-18-31/h3,5-24,35-38H,1,4,25-30H2,2H3/t35-,36-,37+,38-,39?/m1/s1. The Kier molecular flexibility index (Phi) is 11.9. The molecule has 4 aromatic rings. The van der Waals surface area contributed by atoms with Crippen LogP contribution in [0.15, 0.2) is 134 Å². The second-order valence-corrected chi connectivity index (χ2v) is 11.3. The van der Waals surface area contributed by atoms with E-state index in [9.17, 15) is 0 Å². The van der Waals surface area contributed by atoms with E-state index in [-0.39, 0.29) is 6.10 Å². The summed E-state index contributed by atoms with van der Waals surface area (Å²) in [5.74, 6) is 0. The Morgan fingerprint density at radius 3 is 1.50 bits per heavy atom. The van der Waals surface area contributed by atoms with E-state index in [4.69, 9.17) is 23.7 Å². The van der Waals surface area contributed by atoms with Crippen LogP contribution in [0.5, 0.6) is 0 Å². The maximum atomic E-state index is 7.06. The minimum absolute atomic E-state index is 0.351. The molecule has 5 heteroatoms. The van der Waals surface area contributed by atoms with Gasteiger partial charge in [-0.1, -0.05) is 134 Å². The van der Waals surface area contributed by atoms with Gasteiger partial charge in [-0.15, -0.1) is 6.58 Å². The fraction of sp³-hybridized carbons (Fsp3) is 0.333. The summed E-state index contributed by atoms with van der Waals surface area (Å²) in [7, 11) is 0. The van der Waals surface area contributed by atoms with Crippen molar-refractivity contribution in [3.8, 4) is 0 Å². The average Bonchev–Trinajstić information content (AvgIpc) is 3.08. The zero-order chi connectivity index (χ0) is 30.5. The Morgan fingerprint density at radius 1 is 0.614 bits per heavy atom. The van der Waals surface area contributed by atoms with E-state index < -0.39 is 23.9 Å². The minimum atomic E-state index is -0.675. The molecule has 0 radical (unpaired) electrons. The lowest BCUT2D eigenvalue weighted by atomic mass is 9.80. The normalized spacial score (nSPS) is 23.3. The van der Waals surface area contributed by atoms with E-state index in [1.165, 1.54) is 0 Å². The van der Waals surface area contributed by atoms with Crippen molar-refractivity contribution in [2.45, 2.75) is 76.2 Å². The predicted octanol–water partition coefficient (Wildman–Crippen LogP) is 8.08. The van der Waals surface area contributed by atoms with Crippen LogP contribution >= 0.6 is 0 Å². The predicted molar refractivity (Wildman–Crippen MR) is 174 cm³/mol. The second kappa shape index (κ2) is 16.5. The molecule has 5 atom stereocenters. The van der Waals surface area contributed by atoms with Crippen LogP contribution in [0.4, 0.5) is 0 Å². The quantitative estimate of drug-likeness (QED) is 0.123. The van der Waals surface area contributed by atoms with Crippen LogP contribution in [0.25, 0.3) is 0 Å². The molecule has 0 spiro atoms. The molecule has 1 heterocycles.